The maximum absolute atomic E-state index is 11.4. The van der Waals surface area contributed by atoms with E-state index in [4.69, 9.17) is 13.9 Å². The second-order valence-corrected chi connectivity index (χ2v) is 4.19. The van der Waals surface area contributed by atoms with E-state index in [1.165, 1.54) is 0 Å². The highest BCUT2D eigenvalue weighted by molar-refractivity contribution is 5.76. The number of rotatable bonds is 12. The van der Waals surface area contributed by atoms with E-state index in [0.717, 1.165) is 0 Å². The van der Waals surface area contributed by atoms with Crippen LogP contribution in [0.2, 0.25) is 0 Å². The number of nitrogens with one attached hydrogen (secondary N) is 3. The zero-order valence-corrected chi connectivity index (χ0v) is 12.5. The predicted octanol–water partition coefficient (Wildman–Crippen LogP) is -0.630. The maximum Gasteiger partial charge on any atom is 0.315 e. The molecule has 0 aliphatic heterocycles. The molecule has 3 N–H and O–H groups in total. The lowest BCUT2D eigenvalue weighted by atomic mass is 10.4. The average molecular weight is 301 g/mol. The second kappa shape index (κ2) is 11.0. The molecule has 9 heteroatoms. The van der Waals surface area contributed by atoms with Crippen molar-refractivity contribution in [3.05, 3.63) is 5.89 Å². The van der Waals surface area contributed by atoms with Crippen molar-refractivity contribution in [3.8, 4) is 0 Å². The predicted molar refractivity (Wildman–Crippen MR) is 75.9 cm³/mol. The van der Waals surface area contributed by atoms with Gasteiger partial charge in [0.15, 0.2) is 0 Å². The summed E-state index contributed by atoms with van der Waals surface area (Å²) in [4.78, 5) is 11.4. The Morgan fingerprint density at radius 2 is 1.90 bits per heavy atom. The van der Waals surface area contributed by atoms with Crippen molar-refractivity contribution in [3.63, 3.8) is 0 Å². The summed E-state index contributed by atoms with van der Waals surface area (Å²) in [5.41, 5.74) is 0. The topological polar surface area (TPSA) is 111 Å². The van der Waals surface area contributed by atoms with Crippen molar-refractivity contribution in [1.82, 2.24) is 20.8 Å². The van der Waals surface area contributed by atoms with E-state index in [9.17, 15) is 4.79 Å². The van der Waals surface area contributed by atoms with Crippen molar-refractivity contribution in [2.24, 2.45) is 0 Å². The quantitative estimate of drug-likeness (QED) is 0.438. The number of hydrogen-bond acceptors (Lipinski definition) is 8. The third-order valence-electron chi connectivity index (χ3n) is 2.48. The molecule has 1 heterocycles. The maximum atomic E-state index is 11.4. The normalized spacial score (nSPS) is 10.6. The molecule has 120 valence electrons. The fourth-order valence-electron chi connectivity index (χ4n) is 1.43. The fourth-order valence-corrected chi connectivity index (χ4v) is 1.43. The van der Waals surface area contributed by atoms with Crippen LogP contribution in [0, 0.1) is 0 Å². The lowest BCUT2D eigenvalue weighted by Gasteiger charge is -2.04. The van der Waals surface area contributed by atoms with E-state index in [2.05, 4.69) is 26.1 Å². The van der Waals surface area contributed by atoms with E-state index in [1.54, 1.807) is 14.2 Å². The van der Waals surface area contributed by atoms with Gasteiger partial charge < -0.3 is 29.8 Å². The molecule has 1 aromatic rings. The van der Waals surface area contributed by atoms with Crippen LogP contribution in [-0.4, -0.2) is 63.2 Å². The Bertz CT molecular complexity index is 399. The number of carbonyl (C=O) groups excluding carboxylic acids is 1. The summed E-state index contributed by atoms with van der Waals surface area (Å²) in [5.74, 6) is 0.429. The number of ether oxygens (including phenoxy) is 2. The van der Waals surface area contributed by atoms with Crippen LogP contribution in [0.1, 0.15) is 12.3 Å². The number of anilines is 1. The lowest BCUT2D eigenvalue weighted by molar-refractivity contribution is -0.121. The highest BCUT2D eigenvalue weighted by Crippen LogP contribution is 2.04. The number of aromatic nitrogens is 2. The number of carbonyl (C=O) groups is 1. The zero-order valence-electron chi connectivity index (χ0n) is 12.5. The lowest BCUT2D eigenvalue weighted by Crippen LogP contribution is -2.28. The van der Waals surface area contributed by atoms with Crippen LogP contribution in [-0.2, 0) is 20.8 Å². The van der Waals surface area contributed by atoms with Gasteiger partial charge in [0, 0.05) is 40.3 Å². The fraction of sp³-hybridized carbons (Fsp3) is 0.750. The zero-order chi connectivity index (χ0) is 15.3. The van der Waals surface area contributed by atoms with Gasteiger partial charge in [0.05, 0.1) is 19.8 Å². The Balaban J connectivity index is 2.12. The number of nitrogens with zero attached hydrogens (tertiary/aromatic N) is 2. The first-order valence-electron chi connectivity index (χ1n) is 6.77. The van der Waals surface area contributed by atoms with Gasteiger partial charge in [-0.15, -0.1) is 5.10 Å². The molecule has 1 amide bonds. The van der Waals surface area contributed by atoms with Gasteiger partial charge in [-0.25, -0.2) is 0 Å². The molecule has 0 saturated heterocycles. The Kier molecular flexibility index (Phi) is 9.09. The molecule has 0 bridgehead atoms. The second-order valence-electron chi connectivity index (χ2n) is 4.19. The molecule has 0 unspecified atom stereocenters. The van der Waals surface area contributed by atoms with Gasteiger partial charge >= 0.3 is 6.01 Å². The average Bonchev–Trinajstić information content (AvgIpc) is 2.92. The first kappa shape index (κ1) is 17.3. The first-order chi connectivity index (χ1) is 10.3. The van der Waals surface area contributed by atoms with E-state index in [-0.39, 0.29) is 5.91 Å². The Hall–Kier alpha value is -1.71. The molecule has 0 radical (unpaired) electrons. The SMILES string of the molecule is COCCNCc1nnc(NCCC(=O)NCCOC)o1. The van der Waals surface area contributed by atoms with Gasteiger partial charge in [-0.05, 0) is 0 Å². The Morgan fingerprint density at radius 1 is 1.14 bits per heavy atom. The molecule has 0 aliphatic rings. The molecule has 1 rings (SSSR count). The minimum absolute atomic E-state index is 0.0551. The molecule has 0 fully saturated rings. The summed E-state index contributed by atoms with van der Waals surface area (Å²) in [6.45, 7) is 3.25. The van der Waals surface area contributed by atoms with Crippen molar-refractivity contribution in [2.75, 3.05) is 52.4 Å². The summed E-state index contributed by atoms with van der Waals surface area (Å²) >= 11 is 0. The number of hydrogen-bond donors (Lipinski definition) is 3. The monoisotopic (exact) mass is 301 g/mol. The van der Waals surface area contributed by atoms with Gasteiger partial charge in [0.2, 0.25) is 11.8 Å². The molecule has 0 spiro atoms. The minimum Gasteiger partial charge on any atom is -0.407 e. The largest absolute Gasteiger partial charge is 0.407 e. The highest BCUT2D eigenvalue weighted by Gasteiger charge is 2.06. The Labute approximate surface area is 123 Å². The smallest absolute Gasteiger partial charge is 0.315 e. The van der Waals surface area contributed by atoms with E-state index < -0.39 is 0 Å². The first-order valence-corrected chi connectivity index (χ1v) is 6.77. The molecule has 0 aromatic carbocycles. The van der Waals surface area contributed by atoms with Crippen molar-refractivity contribution >= 4 is 11.9 Å². The number of methoxy groups -OCH3 is 2. The molecular weight excluding hydrogens is 278 g/mol. The van der Waals surface area contributed by atoms with Crippen LogP contribution in [0.25, 0.3) is 0 Å². The summed E-state index contributed by atoms with van der Waals surface area (Å²) < 4.78 is 15.1. The molecular formula is C12H23N5O4. The van der Waals surface area contributed by atoms with E-state index in [0.29, 0.717) is 57.7 Å². The molecule has 21 heavy (non-hydrogen) atoms. The van der Waals surface area contributed by atoms with Crippen LogP contribution < -0.4 is 16.0 Å². The minimum atomic E-state index is -0.0551. The van der Waals surface area contributed by atoms with Gasteiger partial charge in [-0.2, -0.15) is 0 Å². The molecule has 1 aromatic heterocycles. The van der Waals surface area contributed by atoms with Crippen LogP contribution in [0.3, 0.4) is 0 Å². The van der Waals surface area contributed by atoms with Crippen molar-refractivity contribution < 1.29 is 18.7 Å². The number of amides is 1. The van der Waals surface area contributed by atoms with E-state index in [1.807, 2.05) is 0 Å². The van der Waals surface area contributed by atoms with Gasteiger partial charge in [-0.1, -0.05) is 5.10 Å². The van der Waals surface area contributed by atoms with E-state index >= 15 is 0 Å². The highest BCUT2D eigenvalue weighted by atomic mass is 16.5. The van der Waals surface area contributed by atoms with Gasteiger partial charge in [0.1, 0.15) is 0 Å². The molecule has 0 saturated carbocycles. The third kappa shape index (κ3) is 8.23. The van der Waals surface area contributed by atoms with Crippen molar-refractivity contribution in [2.45, 2.75) is 13.0 Å². The summed E-state index contributed by atoms with van der Waals surface area (Å²) in [6.07, 6.45) is 0.327. The van der Waals surface area contributed by atoms with Crippen LogP contribution >= 0.6 is 0 Å². The van der Waals surface area contributed by atoms with Gasteiger partial charge in [-0.3, -0.25) is 4.79 Å². The van der Waals surface area contributed by atoms with Crippen molar-refractivity contribution in [1.29, 1.82) is 0 Å². The standard InChI is InChI=1S/C12H23N5O4/c1-19-7-5-13-9-11-16-17-12(21-11)15-4-3-10(18)14-6-8-20-2/h13H,3-9H2,1-2H3,(H,14,18)(H,15,17). The summed E-state index contributed by atoms with van der Waals surface area (Å²) in [6, 6.07) is 0.309. The molecule has 0 atom stereocenters. The molecule has 9 nitrogen and oxygen atoms in total. The summed E-state index contributed by atoms with van der Waals surface area (Å²) in [7, 11) is 3.23. The van der Waals surface area contributed by atoms with Crippen LogP contribution in [0.15, 0.2) is 4.42 Å². The van der Waals surface area contributed by atoms with Gasteiger partial charge in [0.25, 0.3) is 0 Å². The van der Waals surface area contributed by atoms with Crippen LogP contribution in [0.5, 0.6) is 0 Å². The van der Waals surface area contributed by atoms with Crippen LogP contribution in [0.4, 0.5) is 6.01 Å². The summed E-state index contributed by atoms with van der Waals surface area (Å²) in [5, 5.41) is 16.4. The molecule has 0 aliphatic carbocycles. The third-order valence-corrected chi connectivity index (χ3v) is 2.48. The Morgan fingerprint density at radius 3 is 2.67 bits per heavy atom.